The molecule has 1 heterocycles. The van der Waals surface area contributed by atoms with E-state index in [0.29, 0.717) is 19.5 Å². The van der Waals surface area contributed by atoms with E-state index in [0.717, 1.165) is 24.2 Å². The largest absolute Gasteiger partial charge is 0.497 e. The number of carbonyl (C=O) groups is 1. The number of para-hydroxylation sites is 1. The Morgan fingerprint density at radius 3 is 2.69 bits per heavy atom. The van der Waals surface area contributed by atoms with E-state index in [-0.39, 0.29) is 5.91 Å². The second kappa shape index (κ2) is 9.06. The van der Waals surface area contributed by atoms with E-state index in [1.165, 1.54) is 16.5 Å². The van der Waals surface area contributed by atoms with Crippen LogP contribution in [0.15, 0.2) is 54.7 Å². The fourth-order valence-electron chi connectivity index (χ4n) is 2.94. The summed E-state index contributed by atoms with van der Waals surface area (Å²) in [5, 5.41) is 7.51. The van der Waals surface area contributed by atoms with Gasteiger partial charge in [-0.15, -0.1) is 0 Å². The monoisotopic (exact) mass is 351 g/mol. The van der Waals surface area contributed by atoms with Crippen LogP contribution in [0.25, 0.3) is 10.9 Å². The van der Waals surface area contributed by atoms with Gasteiger partial charge in [0, 0.05) is 43.2 Å². The molecule has 1 aromatic heterocycles. The SMILES string of the molecule is COc1ccc(CNCCC(=O)NCCc2c[nH]c3ccccc23)cc1. The van der Waals surface area contributed by atoms with Crippen molar-refractivity contribution >= 4 is 16.8 Å². The molecule has 0 aliphatic heterocycles. The van der Waals surface area contributed by atoms with E-state index in [2.05, 4.69) is 27.8 Å². The van der Waals surface area contributed by atoms with Gasteiger partial charge in [-0.05, 0) is 35.7 Å². The van der Waals surface area contributed by atoms with Crippen LogP contribution < -0.4 is 15.4 Å². The fraction of sp³-hybridized carbons (Fsp3) is 0.286. The molecule has 0 fully saturated rings. The lowest BCUT2D eigenvalue weighted by Crippen LogP contribution is -2.29. The summed E-state index contributed by atoms with van der Waals surface area (Å²) in [5.74, 6) is 0.926. The number of H-pyrrole nitrogens is 1. The Kier molecular flexibility index (Phi) is 6.28. The quantitative estimate of drug-likeness (QED) is 0.519. The van der Waals surface area contributed by atoms with Crippen LogP contribution in [0.2, 0.25) is 0 Å². The van der Waals surface area contributed by atoms with Crippen LogP contribution in [0.5, 0.6) is 5.75 Å². The van der Waals surface area contributed by atoms with E-state index < -0.39 is 0 Å². The Labute approximate surface area is 153 Å². The van der Waals surface area contributed by atoms with Crippen LogP contribution in [-0.2, 0) is 17.8 Å². The summed E-state index contributed by atoms with van der Waals surface area (Å²) in [6.45, 7) is 2.05. The minimum absolute atomic E-state index is 0.0760. The smallest absolute Gasteiger partial charge is 0.221 e. The highest BCUT2D eigenvalue weighted by Gasteiger charge is 2.04. The van der Waals surface area contributed by atoms with Gasteiger partial charge in [-0.2, -0.15) is 0 Å². The first kappa shape index (κ1) is 18.0. The van der Waals surface area contributed by atoms with Crippen molar-refractivity contribution in [2.24, 2.45) is 0 Å². The third-order valence-corrected chi connectivity index (χ3v) is 4.41. The first-order chi connectivity index (χ1) is 12.8. The summed E-state index contributed by atoms with van der Waals surface area (Å²) in [4.78, 5) is 15.2. The van der Waals surface area contributed by atoms with E-state index in [1.807, 2.05) is 42.6 Å². The standard InChI is InChI=1S/C21H25N3O2/c1-26-18-8-6-16(7-9-18)14-22-12-11-21(25)23-13-10-17-15-24-20-5-3-2-4-19(17)20/h2-9,15,22,24H,10-14H2,1H3,(H,23,25). The minimum Gasteiger partial charge on any atom is -0.497 e. The average Bonchev–Trinajstić information content (AvgIpc) is 3.09. The Morgan fingerprint density at radius 2 is 1.88 bits per heavy atom. The Morgan fingerprint density at radius 1 is 1.08 bits per heavy atom. The number of hydrogen-bond acceptors (Lipinski definition) is 3. The molecular formula is C21H25N3O2. The molecular weight excluding hydrogens is 326 g/mol. The molecule has 0 bridgehead atoms. The Hall–Kier alpha value is -2.79. The second-order valence-corrected chi connectivity index (χ2v) is 6.23. The average molecular weight is 351 g/mol. The lowest BCUT2D eigenvalue weighted by Gasteiger charge is -2.07. The highest BCUT2D eigenvalue weighted by atomic mass is 16.5. The molecule has 26 heavy (non-hydrogen) atoms. The maximum absolute atomic E-state index is 12.0. The fourth-order valence-corrected chi connectivity index (χ4v) is 2.94. The van der Waals surface area contributed by atoms with Crippen molar-refractivity contribution in [3.8, 4) is 5.75 Å². The van der Waals surface area contributed by atoms with Crippen molar-refractivity contribution in [1.29, 1.82) is 0 Å². The number of amides is 1. The van der Waals surface area contributed by atoms with Crippen molar-refractivity contribution in [3.05, 3.63) is 65.9 Å². The molecule has 136 valence electrons. The molecule has 5 heteroatoms. The first-order valence-electron chi connectivity index (χ1n) is 8.91. The van der Waals surface area contributed by atoms with Gasteiger partial charge in [0.25, 0.3) is 0 Å². The number of carbonyl (C=O) groups excluding carboxylic acids is 1. The van der Waals surface area contributed by atoms with Gasteiger partial charge in [0.1, 0.15) is 5.75 Å². The summed E-state index contributed by atoms with van der Waals surface area (Å²) >= 11 is 0. The van der Waals surface area contributed by atoms with Gasteiger partial charge in [-0.1, -0.05) is 30.3 Å². The van der Waals surface area contributed by atoms with E-state index in [9.17, 15) is 4.79 Å². The lowest BCUT2D eigenvalue weighted by molar-refractivity contribution is -0.120. The molecule has 3 rings (SSSR count). The Balaban J connectivity index is 1.33. The third kappa shape index (κ3) is 4.86. The summed E-state index contributed by atoms with van der Waals surface area (Å²) in [5.41, 5.74) is 3.54. The molecule has 0 spiro atoms. The molecule has 0 atom stereocenters. The van der Waals surface area contributed by atoms with Gasteiger partial charge >= 0.3 is 0 Å². The molecule has 0 saturated heterocycles. The van der Waals surface area contributed by atoms with E-state index in [1.54, 1.807) is 7.11 Å². The summed E-state index contributed by atoms with van der Waals surface area (Å²) in [6, 6.07) is 16.1. The van der Waals surface area contributed by atoms with E-state index >= 15 is 0 Å². The van der Waals surface area contributed by atoms with E-state index in [4.69, 9.17) is 4.74 Å². The Bertz CT molecular complexity index is 840. The number of benzene rings is 2. The van der Waals surface area contributed by atoms with Crippen LogP contribution in [0, 0.1) is 0 Å². The highest BCUT2D eigenvalue weighted by Crippen LogP contribution is 2.17. The summed E-state index contributed by atoms with van der Waals surface area (Å²) < 4.78 is 5.14. The molecule has 3 aromatic rings. The summed E-state index contributed by atoms with van der Waals surface area (Å²) in [6.07, 6.45) is 3.33. The van der Waals surface area contributed by atoms with Crippen LogP contribution in [0.4, 0.5) is 0 Å². The van der Waals surface area contributed by atoms with Gasteiger partial charge in [-0.3, -0.25) is 4.79 Å². The van der Waals surface area contributed by atoms with Crippen molar-refractivity contribution in [2.45, 2.75) is 19.4 Å². The number of aromatic nitrogens is 1. The molecule has 2 aromatic carbocycles. The van der Waals surface area contributed by atoms with Gasteiger partial charge in [0.15, 0.2) is 0 Å². The minimum atomic E-state index is 0.0760. The van der Waals surface area contributed by atoms with Crippen LogP contribution in [-0.4, -0.2) is 31.1 Å². The predicted octanol–water partition coefficient (Wildman–Crippen LogP) is 3.02. The molecule has 0 saturated carbocycles. The summed E-state index contributed by atoms with van der Waals surface area (Å²) in [7, 11) is 1.66. The highest BCUT2D eigenvalue weighted by molar-refractivity contribution is 5.83. The van der Waals surface area contributed by atoms with Crippen molar-refractivity contribution in [2.75, 3.05) is 20.2 Å². The number of ether oxygens (including phenoxy) is 1. The van der Waals surface area contributed by atoms with Crippen LogP contribution in [0.3, 0.4) is 0 Å². The van der Waals surface area contributed by atoms with Crippen LogP contribution in [0.1, 0.15) is 17.5 Å². The normalized spacial score (nSPS) is 10.8. The number of aromatic amines is 1. The van der Waals surface area contributed by atoms with Gasteiger partial charge < -0.3 is 20.4 Å². The van der Waals surface area contributed by atoms with Gasteiger partial charge in [0.2, 0.25) is 5.91 Å². The van der Waals surface area contributed by atoms with Gasteiger partial charge in [0.05, 0.1) is 7.11 Å². The zero-order chi connectivity index (χ0) is 18.2. The predicted molar refractivity (Wildman–Crippen MR) is 104 cm³/mol. The second-order valence-electron chi connectivity index (χ2n) is 6.23. The zero-order valence-corrected chi connectivity index (χ0v) is 15.0. The maximum Gasteiger partial charge on any atom is 0.221 e. The molecule has 0 aliphatic carbocycles. The number of methoxy groups -OCH3 is 1. The molecule has 0 radical (unpaired) electrons. The number of fused-ring (bicyclic) bond motifs is 1. The lowest BCUT2D eigenvalue weighted by atomic mass is 10.1. The topological polar surface area (TPSA) is 66.2 Å². The maximum atomic E-state index is 12.0. The third-order valence-electron chi connectivity index (χ3n) is 4.41. The molecule has 0 unspecified atom stereocenters. The van der Waals surface area contributed by atoms with Crippen molar-refractivity contribution in [1.82, 2.24) is 15.6 Å². The number of rotatable bonds is 9. The van der Waals surface area contributed by atoms with Crippen molar-refractivity contribution in [3.63, 3.8) is 0 Å². The molecule has 1 amide bonds. The number of hydrogen-bond donors (Lipinski definition) is 3. The van der Waals surface area contributed by atoms with Crippen LogP contribution >= 0.6 is 0 Å². The molecule has 3 N–H and O–H groups in total. The number of nitrogens with one attached hydrogen (secondary N) is 3. The molecule has 0 aliphatic rings. The zero-order valence-electron chi connectivity index (χ0n) is 15.0. The van der Waals surface area contributed by atoms with Gasteiger partial charge in [-0.25, -0.2) is 0 Å². The molecule has 5 nitrogen and oxygen atoms in total. The first-order valence-corrected chi connectivity index (χ1v) is 8.91. The van der Waals surface area contributed by atoms with Crippen molar-refractivity contribution < 1.29 is 9.53 Å².